The third-order valence-corrected chi connectivity index (χ3v) is 3.31. The summed E-state index contributed by atoms with van der Waals surface area (Å²) < 4.78 is 11.1. The van der Waals surface area contributed by atoms with Crippen LogP contribution in [-0.2, 0) is 13.2 Å². The first kappa shape index (κ1) is 15.4. The number of rotatable bonds is 6. The van der Waals surface area contributed by atoms with Crippen molar-refractivity contribution in [2.24, 2.45) is 5.73 Å². The standard InChI is InChI=1S/C17H21NO3/c1-12(18)15-7-8-16(17(9-15)20-2)21-11-14-5-3-13(10-19)4-6-14/h3-9,12,19H,10-11,18H2,1-2H3/t12-/m0/s1. The molecule has 0 saturated carbocycles. The van der Waals surface area contributed by atoms with E-state index in [1.807, 2.05) is 49.4 Å². The fourth-order valence-electron chi connectivity index (χ4n) is 1.99. The third kappa shape index (κ3) is 3.97. The van der Waals surface area contributed by atoms with Crippen LogP contribution in [0, 0.1) is 0 Å². The number of hydrogen-bond donors (Lipinski definition) is 2. The summed E-state index contributed by atoms with van der Waals surface area (Å²) in [5, 5.41) is 9.02. The average Bonchev–Trinajstić information content (AvgIpc) is 2.53. The highest BCUT2D eigenvalue weighted by Gasteiger charge is 2.08. The molecule has 21 heavy (non-hydrogen) atoms. The van der Waals surface area contributed by atoms with E-state index in [0.717, 1.165) is 16.7 Å². The van der Waals surface area contributed by atoms with Gasteiger partial charge in [-0.1, -0.05) is 30.3 Å². The average molecular weight is 287 g/mol. The lowest BCUT2D eigenvalue weighted by molar-refractivity contribution is 0.279. The number of methoxy groups -OCH3 is 1. The minimum Gasteiger partial charge on any atom is -0.493 e. The van der Waals surface area contributed by atoms with Crippen LogP contribution in [0.1, 0.15) is 29.7 Å². The van der Waals surface area contributed by atoms with Crippen molar-refractivity contribution in [3.8, 4) is 11.5 Å². The van der Waals surface area contributed by atoms with Crippen LogP contribution in [0.4, 0.5) is 0 Å². The highest BCUT2D eigenvalue weighted by atomic mass is 16.5. The monoisotopic (exact) mass is 287 g/mol. The van der Waals surface area contributed by atoms with Crippen LogP contribution in [0.15, 0.2) is 42.5 Å². The summed E-state index contributed by atoms with van der Waals surface area (Å²) in [7, 11) is 1.61. The van der Waals surface area contributed by atoms with Crippen LogP contribution in [0.5, 0.6) is 11.5 Å². The number of benzene rings is 2. The maximum Gasteiger partial charge on any atom is 0.161 e. The first-order valence-corrected chi connectivity index (χ1v) is 6.89. The Morgan fingerprint density at radius 2 is 1.71 bits per heavy atom. The molecule has 0 saturated heterocycles. The number of hydrogen-bond acceptors (Lipinski definition) is 4. The SMILES string of the molecule is COc1cc([C@H](C)N)ccc1OCc1ccc(CO)cc1. The first-order chi connectivity index (χ1) is 10.1. The number of nitrogens with two attached hydrogens (primary N) is 1. The summed E-state index contributed by atoms with van der Waals surface area (Å²) in [5.74, 6) is 1.37. The third-order valence-electron chi connectivity index (χ3n) is 3.31. The predicted octanol–water partition coefficient (Wildman–Crippen LogP) is 2.79. The molecule has 0 unspecified atom stereocenters. The van der Waals surface area contributed by atoms with E-state index in [9.17, 15) is 0 Å². The van der Waals surface area contributed by atoms with Crippen LogP contribution >= 0.6 is 0 Å². The highest BCUT2D eigenvalue weighted by Crippen LogP contribution is 2.30. The molecule has 0 heterocycles. The molecule has 2 rings (SSSR count). The molecular formula is C17H21NO3. The van der Waals surface area contributed by atoms with E-state index in [-0.39, 0.29) is 12.6 Å². The zero-order chi connectivity index (χ0) is 15.2. The summed E-state index contributed by atoms with van der Waals surface area (Å²) in [5.41, 5.74) is 8.79. The summed E-state index contributed by atoms with van der Waals surface area (Å²) in [6, 6.07) is 13.3. The van der Waals surface area contributed by atoms with Gasteiger partial charge in [-0.25, -0.2) is 0 Å². The van der Waals surface area contributed by atoms with E-state index in [0.29, 0.717) is 18.1 Å². The van der Waals surface area contributed by atoms with Gasteiger partial charge >= 0.3 is 0 Å². The van der Waals surface area contributed by atoms with Crippen molar-refractivity contribution in [1.29, 1.82) is 0 Å². The minimum atomic E-state index is -0.0426. The van der Waals surface area contributed by atoms with Crippen molar-refractivity contribution in [3.63, 3.8) is 0 Å². The molecule has 2 aromatic rings. The van der Waals surface area contributed by atoms with Gasteiger partial charge in [0.15, 0.2) is 11.5 Å². The second kappa shape index (κ2) is 7.11. The Bertz CT molecular complexity index is 579. The Morgan fingerprint density at radius 3 is 2.29 bits per heavy atom. The van der Waals surface area contributed by atoms with E-state index in [4.69, 9.17) is 20.3 Å². The van der Waals surface area contributed by atoms with Crippen LogP contribution in [0.3, 0.4) is 0 Å². The fourth-order valence-corrected chi connectivity index (χ4v) is 1.99. The molecule has 4 heteroatoms. The zero-order valence-electron chi connectivity index (χ0n) is 12.4. The Kier molecular flexibility index (Phi) is 5.20. The number of aliphatic hydroxyl groups excluding tert-OH is 1. The molecule has 0 aliphatic carbocycles. The van der Waals surface area contributed by atoms with Gasteiger partial charge in [0.1, 0.15) is 6.61 Å². The predicted molar refractivity (Wildman–Crippen MR) is 82.3 cm³/mol. The molecule has 112 valence electrons. The van der Waals surface area contributed by atoms with Crippen molar-refractivity contribution < 1.29 is 14.6 Å². The Labute approximate surface area is 125 Å². The lowest BCUT2D eigenvalue weighted by Gasteiger charge is -2.13. The van der Waals surface area contributed by atoms with Crippen LogP contribution < -0.4 is 15.2 Å². The summed E-state index contributed by atoms with van der Waals surface area (Å²) >= 11 is 0. The smallest absolute Gasteiger partial charge is 0.161 e. The fraction of sp³-hybridized carbons (Fsp3) is 0.294. The molecule has 0 bridgehead atoms. The van der Waals surface area contributed by atoms with Crippen molar-refractivity contribution in [2.45, 2.75) is 26.2 Å². The van der Waals surface area contributed by atoms with Gasteiger partial charge < -0.3 is 20.3 Å². The maximum absolute atomic E-state index is 9.02. The van der Waals surface area contributed by atoms with Gasteiger partial charge in [0.2, 0.25) is 0 Å². The molecule has 1 atom stereocenters. The van der Waals surface area contributed by atoms with Crippen LogP contribution in [-0.4, -0.2) is 12.2 Å². The van der Waals surface area contributed by atoms with Crippen LogP contribution in [0.25, 0.3) is 0 Å². The van der Waals surface area contributed by atoms with E-state index < -0.39 is 0 Å². The largest absolute Gasteiger partial charge is 0.493 e. The van der Waals surface area contributed by atoms with Crippen molar-refractivity contribution >= 4 is 0 Å². The second-order valence-corrected chi connectivity index (χ2v) is 4.96. The number of ether oxygens (including phenoxy) is 2. The number of aliphatic hydroxyl groups is 1. The molecule has 0 aliphatic heterocycles. The zero-order valence-corrected chi connectivity index (χ0v) is 12.4. The van der Waals surface area contributed by atoms with E-state index in [1.54, 1.807) is 7.11 Å². The normalized spacial score (nSPS) is 12.0. The first-order valence-electron chi connectivity index (χ1n) is 6.89. The van der Waals surface area contributed by atoms with E-state index in [2.05, 4.69) is 0 Å². The summed E-state index contributed by atoms with van der Waals surface area (Å²) in [6.07, 6.45) is 0. The van der Waals surface area contributed by atoms with Gasteiger partial charge in [-0.05, 0) is 35.7 Å². The quantitative estimate of drug-likeness (QED) is 0.857. The minimum absolute atomic E-state index is 0.0426. The summed E-state index contributed by atoms with van der Waals surface area (Å²) in [4.78, 5) is 0. The van der Waals surface area contributed by atoms with Crippen molar-refractivity contribution in [1.82, 2.24) is 0 Å². The van der Waals surface area contributed by atoms with Crippen LogP contribution in [0.2, 0.25) is 0 Å². The lowest BCUT2D eigenvalue weighted by atomic mass is 10.1. The molecule has 0 amide bonds. The maximum atomic E-state index is 9.02. The highest BCUT2D eigenvalue weighted by molar-refractivity contribution is 5.43. The second-order valence-electron chi connectivity index (χ2n) is 4.96. The molecule has 2 aromatic carbocycles. The molecule has 4 nitrogen and oxygen atoms in total. The Morgan fingerprint density at radius 1 is 1.05 bits per heavy atom. The molecule has 0 spiro atoms. The molecule has 0 aromatic heterocycles. The molecular weight excluding hydrogens is 266 g/mol. The lowest BCUT2D eigenvalue weighted by Crippen LogP contribution is -2.05. The van der Waals surface area contributed by atoms with Gasteiger partial charge in [-0.15, -0.1) is 0 Å². The van der Waals surface area contributed by atoms with Gasteiger partial charge in [0.25, 0.3) is 0 Å². The molecule has 0 radical (unpaired) electrons. The molecule has 0 aliphatic rings. The Hall–Kier alpha value is -2.04. The van der Waals surface area contributed by atoms with Crippen molar-refractivity contribution in [3.05, 3.63) is 59.2 Å². The van der Waals surface area contributed by atoms with Gasteiger partial charge in [-0.2, -0.15) is 0 Å². The molecule has 3 N–H and O–H groups in total. The Balaban J connectivity index is 2.08. The van der Waals surface area contributed by atoms with Gasteiger partial charge in [-0.3, -0.25) is 0 Å². The van der Waals surface area contributed by atoms with E-state index >= 15 is 0 Å². The topological polar surface area (TPSA) is 64.7 Å². The summed E-state index contributed by atoms with van der Waals surface area (Å²) in [6.45, 7) is 2.42. The van der Waals surface area contributed by atoms with Gasteiger partial charge in [0, 0.05) is 6.04 Å². The van der Waals surface area contributed by atoms with Gasteiger partial charge in [0.05, 0.1) is 13.7 Å². The van der Waals surface area contributed by atoms with E-state index in [1.165, 1.54) is 0 Å². The molecule has 0 fully saturated rings. The van der Waals surface area contributed by atoms with Crippen molar-refractivity contribution in [2.75, 3.05) is 7.11 Å².